The fourth-order valence-corrected chi connectivity index (χ4v) is 6.62. The van der Waals surface area contributed by atoms with Crippen LogP contribution < -0.4 is 0 Å². The van der Waals surface area contributed by atoms with Crippen molar-refractivity contribution in [3.63, 3.8) is 0 Å². The lowest BCUT2D eigenvalue weighted by molar-refractivity contribution is -0.167. The van der Waals surface area contributed by atoms with Crippen molar-refractivity contribution in [3.8, 4) is 0 Å². The molecule has 0 fully saturated rings. The summed E-state index contributed by atoms with van der Waals surface area (Å²) in [6, 6.07) is 0. The van der Waals surface area contributed by atoms with E-state index in [4.69, 9.17) is 14.2 Å². The Morgan fingerprint density at radius 2 is 0.656 bits per heavy atom. The molecule has 0 saturated heterocycles. The maximum atomic E-state index is 12.7. The first-order chi connectivity index (χ1) is 30.0. The topological polar surface area (TPSA) is 78.9 Å². The Morgan fingerprint density at radius 1 is 0.344 bits per heavy atom. The second-order valence-corrected chi connectivity index (χ2v) is 16.3. The van der Waals surface area contributed by atoms with Gasteiger partial charge in [-0.1, -0.05) is 202 Å². The van der Waals surface area contributed by atoms with Crippen molar-refractivity contribution in [2.75, 3.05) is 13.2 Å². The third-order valence-corrected chi connectivity index (χ3v) is 10.4. The van der Waals surface area contributed by atoms with Crippen LogP contribution in [0.2, 0.25) is 0 Å². The number of hydrogen-bond donors (Lipinski definition) is 0. The van der Waals surface area contributed by atoms with Crippen LogP contribution in [0.5, 0.6) is 0 Å². The Kier molecular flexibility index (Phi) is 46.5. The monoisotopic (exact) mass is 849 g/mol. The second kappa shape index (κ2) is 49.2. The number of carbonyl (C=O) groups is 3. The molecule has 0 aliphatic heterocycles. The molecule has 0 N–H and O–H groups in total. The highest BCUT2D eigenvalue weighted by atomic mass is 16.6. The Hall–Kier alpha value is -3.41. The SMILES string of the molecule is CC/C=C\C/C=C\C/C=C\C/C=C\C/C=C\CCCC(=O)OC(COC(=O)CCCCCCCCCC)COC(=O)CCCCCCCCC/C=C\C/C=C\CCCCCC. The summed E-state index contributed by atoms with van der Waals surface area (Å²) in [6.07, 6.45) is 62.9. The van der Waals surface area contributed by atoms with Gasteiger partial charge in [0.1, 0.15) is 13.2 Å². The summed E-state index contributed by atoms with van der Waals surface area (Å²) >= 11 is 0. The van der Waals surface area contributed by atoms with Gasteiger partial charge in [-0.05, 0) is 89.9 Å². The normalized spacial score (nSPS) is 12.8. The summed E-state index contributed by atoms with van der Waals surface area (Å²) in [5.74, 6) is -0.975. The molecule has 0 saturated carbocycles. The van der Waals surface area contributed by atoms with Crippen molar-refractivity contribution in [1.29, 1.82) is 0 Å². The minimum atomic E-state index is -0.806. The van der Waals surface area contributed by atoms with Crippen molar-refractivity contribution in [3.05, 3.63) is 85.1 Å². The summed E-state index contributed by atoms with van der Waals surface area (Å²) < 4.78 is 16.7. The van der Waals surface area contributed by atoms with Crippen LogP contribution in [0.3, 0.4) is 0 Å². The Balaban J connectivity index is 4.41. The maximum absolute atomic E-state index is 12.7. The molecule has 0 amide bonds. The van der Waals surface area contributed by atoms with Crippen LogP contribution in [0.15, 0.2) is 85.1 Å². The molecule has 0 radical (unpaired) electrons. The van der Waals surface area contributed by atoms with Crippen LogP contribution >= 0.6 is 0 Å². The Labute approximate surface area is 375 Å². The molecular formula is C55H92O6. The van der Waals surface area contributed by atoms with Crippen molar-refractivity contribution in [1.82, 2.24) is 0 Å². The molecule has 0 aliphatic rings. The highest BCUT2D eigenvalue weighted by Gasteiger charge is 2.19. The quantitative estimate of drug-likeness (QED) is 0.0263. The van der Waals surface area contributed by atoms with Gasteiger partial charge in [0, 0.05) is 19.3 Å². The third-order valence-electron chi connectivity index (χ3n) is 10.4. The molecule has 0 rings (SSSR count). The van der Waals surface area contributed by atoms with Gasteiger partial charge in [-0.25, -0.2) is 0 Å². The lowest BCUT2D eigenvalue weighted by Gasteiger charge is -2.18. The zero-order chi connectivity index (χ0) is 44.4. The van der Waals surface area contributed by atoms with Gasteiger partial charge in [0.2, 0.25) is 0 Å². The molecule has 61 heavy (non-hydrogen) atoms. The van der Waals surface area contributed by atoms with E-state index in [-0.39, 0.29) is 37.5 Å². The summed E-state index contributed by atoms with van der Waals surface area (Å²) in [5.41, 5.74) is 0. The van der Waals surface area contributed by atoms with Crippen LogP contribution in [-0.4, -0.2) is 37.2 Å². The van der Waals surface area contributed by atoms with Gasteiger partial charge in [0.25, 0.3) is 0 Å². The number of rotatable bonds is 44. The Morgan fingerprint density at radius 3 is 1.07 bits per heavy atom. The van der Waals surface area contributed by atoms with Gasteiger partial charge >= 0.3 is 17.9 Å². The van der Waals surface area contributed by atoms with E-state index in [1.807, 2.05) is 0 Å². The first-order valence-electron chi connectivity index (χ1n) is 25.1. The molecule has 0 spiro atoms. The first kappa shape index (κ1) is 57.6. The summed E-state index contributed by atoms with van der Waals surface area (Å²) in [7, 11) is 0. The van der Waals surface area contributed by atoms with Gasteiger partial charge in [-0.3, -0.25) is 14.4 Å². The number of unbranched alkanes of at least 4 members (excludes halogenated alkanes) is 19. The Bertz CT molecular complexity index is 1200. The molecule has 1 unspecified atom stereocenters. The minimum Gasteiger partial charge on any atom is -0.462 e. The predicted molar refractivity (Wildman–Crippen MR) is 261 cm³/mol. The van der Waals surface area contributed by atoms with E-state index in [2.05, 4.69) is 106 Å². The van der Waals surface area contributed by atoms with Crippen LogP contribution in [-0.2, 0) is 28.6 Å². The van der Waals surface area contributed by atoms with Gasteiger partial charge < -0.3 is 14.2 Å². The van der Waals surface area contributed by atoms with Crippen LogP contribution in [0.25, 0.3) is 0 Å². The molecular weight excluding hydrogens is 757 g/mol. The van der Waals surface area contributed by atoms with Crippen molar-refractivity contribution < 1.29 is 28.6 Å². The molecule has 0 aliphatic carbocycles. The molecule has 348 valence electrons. The first-order valence-corrected chi connectivity index (χ1v) is 25.1. The summed E-state index contributed by atoms with van der Waals surface area (Å²) in [4.78, 5) is 37.8. The predicted octanol–water partition coefficient (Wildman–Crippen LogP) is 16.4. The third kappa shape index (κ3) is 47.5. The number of carbonyl (C=O) groups excluding carboxylic acids is 3. The van der Waals surface area contributed by atoms with E-state index >= 15 is 0 Å². The lowest BCUT2D eigenvalue weighted by Crippen LogP contribution is -2.30. The van der Waals surface area contributed by atoms with Gasteiger partial charge in [-0.2, -0.15) is 0 Å². The minimum absolute atomic E-state index is 0.102. The summed E-state index contributed by atoms with van der Waals surface area (Å²) in [6.45, 7) is 6.41. The highest BCUT2D eigenvalue weighted by molar-refractivity contribution is 5.71. The van der Waals surface area contributed by atoms with E-state index in [0.29, 0.717) is 19.3 Å². The zero-order valence-corrected chi connectivity index (χ0v) is 39.7. The average Bonchev–Trinajstić information content (AvgIpc) is 3.26. The fourth-order valence-electron chi connectivity index (χ4n) is 6.62. The van der Waals surface area contributed by atoms with Crippen LogP contribution in [0.1, 0.15) is 226 Å². The smallest absolute Gasteiger partial charge is 0.306 e. The second-order valence-electron chi connectivity index (χ2n) is 16.3. The fraction of sp³-hybridized carbons (Fsp3) is 0.691. The molecule has 1 atom stereocenters. The van der Waals surface area contributed by atoms with Crippen LogP contribution in [0.4, 0.5) is 0 Å². The number of allylic oxidation sites excluding steroid dienone is 14. The molecule has 6 nitrogen and oxygen atoms in total. The number of esters is 3. The number of ether oxygens (including phenoxy) is 3. The zero-order valence-electron chi connectivity index (χ0n) is 39.7. The molecule has 0 aromatic rings. The lowest BCUT2D eigenvalue weighted by atomic mass is 10.1. The molecule has 0 aromatic heterocycles. The largest absolute Gasteiger partial charge is 0.462 e. The molecule has 0 aromatic carbocycles. The highest BCUT2D eigenvalue weighted by Crippen LogP contribution is 2.13. The van der Waals surface area contributed by atoms with E-state index in [1.165, 1.54) is 89.9 Å². The van der Waals surface area contributed by atoms with E-state index in [1.54, 1.807) is 0 Å². The van der Waals surface area contributed by atoms with E-state index in [9.17, 15) is 14.4 Å². The molecule has 0 bridgehead atoms. The van der Waals surface area contributed by atoms with E-state index < -0.39 is 6.10 Å². The molecule has 6 heteroatoms. The van der Waals surface area contributed by atoms with Crippen LogP contribution in [0, 0.1) is 0 Å². The van der Waals surface area contributed by atoms with Crippen molar-refractivity contribution in [2.45, 2.75) is 232 Å². The average molecular weight is 849 g/mol. The van der Waals surface area contributed by atoms with Crippen molar-refractivity contribution >= 4 is 17.9 Å². The molecule has 0 heterocycles. The maximum Gasteiger partial charge on any atom is 0.306 e. The van der Waals surface area contributed by atoms with Gasteiger partial charge in [0.15, 0.2) is 6.10 Å². The summed E-state index contributed by atoms with van der Waals surface area (Å²) in [5, 5.41) is 0. The van der Waals surface area contributed by atoms with Crippen molar-refractivity contribution in [2.24, 2.45) is 0 Å². The van der Waals surface area contributed by atoms with Gasteiger partial charge in [0.05, 0.1) is 0 Å². The van der Waals surface area contributed by atoms with E-state index in [0.717, 1.165) is 89.9 Å². The standard InChI is InChI=1S/C55H92O6/c1-4-7-10-13-16-19-21-23-25-27-29-30-32-34-36-39-42-45-48-54(57)60-51-52(50-59-53(56)47-44-41-38-18-15-12-9-6-3)61-55(58)49-46-43-40-37-35-33-31-28-26-24-22-20-17-14-11-8-5-2/h8,11,17,19-21,24-27,31,33,37,40,52H,4-7,9-10,12-16,18,22-23,28-30,32,34-36,38-39,41-51H2,1-3H3/b11-8-,20-17-,21-19-,26-24-,27-25-,33-31-,40-37-. The van der Waals surface area contributed by atoms with Gasteiger partial charge in [-0.15, -0.1) is 0 Å². The number of hydrogen-bond acceptors (Lipinski definition) is 6.